The van der Waals surface area contributed by atoms with Crippen LogP contribution < -0.4 is 15.2 Å². The predicted molar refractivity (Wildman–Crippen MR) is 92.2 cm³/mol. The van der Waals surface area contributed by atoms with Gasteiger partial charge in [-0.15, -0.1) is 11.3 Å². The second-order valence-corrected chi connectivity index (χ2v) is 6.03. The first-order valence-electron chi connectivity index (χ1n) is 7.04. The van der Waals surface area contributed by atoms with Crippen LogP contribution in [-0.4, -0.2) is 22.4 Å². The lowest BCUT2D eigenvalue weighted by molar-refractivity contribution is -0.116. The maximum atomic E-state index is 11.9. The number of aromatic nitrogens is 2. The van der Waals surface area contributed by atoms with Gasteiger partial charge in [0.25, 0.3) is 0 Å². The van der Waals surface area contributed by atoms with E-state index in [9.17, 15) is 4.79 Å². The van der Waals surface area contributed by atoms with E-state index >= 15 is 0 Å². The number of carbonyl (C=O) groups is 1. The molecule has 0 saturated heterocycles. The van der Waals surface area contributed by atoms with Gasteiger partial charge in [-0.3, -0.25) is 19.6 Å². The highest BCUT2D eigenvalue weighted by atomic mass is 32.2. The molecule has 6 nitrogen and oxygen atoms in total. The summed E-state index contributed by atoms with van der Waals surface area (Å²) in [5, 5.41) is 10.6. The Bertz CT molecular complexity index is 576. The van der Waals surface area contributed by atoms with Crippen molar-refractivity contribution in [3.8, 4) is 11.3 Å². The smallest absolute Gasteiger partial charge is 0.226 e. The third kappa shape index (κ3) is 5.72. The topological polar surface area (TPSA) is 92.9 Å². The summed E-state index contributed by atoms with van der Waals surface area (Å²) in [7, 11) is 0. The lowest BCUT2D eigenvalue weighted by Gasteiger charge is -2.02. The Labute approximate surface area is 138 Å². The van der Waals surface area contributed by atoms with Gasteiger partial charge in [-0.25, -0.2) is 4.98 Å². The number of thiazole rings is 1. The molecule has 2 aromatic heterocycles. The van der Waals surface area contributed by atoms with Crippen LogP contribution in [0.5, 0.6) is 0 Å². The molecule has 1 amide bonds. The molecule has 0 bridgehead atoms. The summed E-state index contributed by atoms with van der Waals surface area (Å²) < 4.78 is 2.97. The van der Waals surface area contributed by atoms with Gasteiger partial charge in [0.2, 0.25) is 5.91 Å². The van der Waals surface area contributed by atoms with Crippen molar-refractivity contribution in [2.45, 2.75) is 25.7 Å². The molecule has 0 aliphatic rings. The number of nitrogens with two attached hydrogens (primary N) is 1. The van der Waals surface area contributed by atoms with Gasteiger partial charge >= 0.3 is 0 Å². The van der Waals surface area contributed by atoms with Crippen molar-refractivity contribution in [3.05, 3.63) is 29.9 Å². The highest BCUT2D eigenvalue weighted by Gasteiger charge is 2.07. The number of nitrogens with one attached hydrogen (secondary N) is 2. The fraction of sp³-hybridized carbons (Fsp3) is 0.357. The molecule has 0 fully saturated rings. The molecule has 0 saturated carbocycles. The molecular weight excluding hydrogens is 318 g/mol. The Kier molecular flexibility index (Phi) is 7.31. The SMILES string of the molecule is NSNCCCCCC(=O)Nc1nc(-c2cccnc2)cs1. The molecule has 0 aliphatic heterocycles. The van der Waals surface area contributed by atoms with E-state index in [-0.39, 0.29) is 5.91 Å². The van der Waals surface area contributed by atoms with E-state index in [0.717, 1.165) is 49.2 Å². The van der Waals surface area contributed by atoms with E-state index in [2.05, 4.69) is 20.0 Å². The Hall–Kier alpha value is -1.48. The molecule has 0 spiro atoms. The quantitative estimate of drug-likeness (QED) is 0.481. The first kappa shape index (κ1) is 16.9. The Morgan fingerprint density at radius 1 is 1.36 bits per heavy atom. The van der Waals surface area contributed by atoms with Crippen molar-refractivity contribution in [2.24, 2.45) is 5.14 Å². The van der Waals surface area contributed by atoms with Crippen LogP contribution >= 0.6 is 23.5 Å². The fourth-order valence-corrected chi connectivity index (χ4v) is 2.88. The van der Waals surface area contributed by atoms with Gasteiger partial charge in [-0.05, 0) is 25.0 Å². The summed E-state index contributed by atoms with van der Waals surface area (Å²) in [6.45, 7) is 0.865. The maximum Gasteiger partial charge on any atom is 0.226 e. The van der Waals surface area contributed by atoms with Crippen molar-refractivity contribution < 1.29 is 4.79 Å². The summed E-state index contributed by atoms with van der Waals surface area (Å²) in [6.07, 6.45) is 6.87. The van der Waals surface area contributed by atoms with Gasteiger partial charge in [0, 0.05) is 48.4 Å². The molecule has 2 aromatic rings. The molecule has 8 heteroatoms. The average molecular weight is 337 g/mol. The Balaban J connectivity index is 1.72. The van der Waals surface area contributed by atoms with Crippen LogP contribution in [0.15, 0.2) is 29.9 Å². The lowest BCUT2D eigenvalue weighted by atomic mass is 10.2. The number of unbranched alkanes of at least 4 members (excludes halogenated alkanes) is 2. The summed E-state index contributed by atoms with van der Waals surface area (Å²) in [4.78, 5) is 20.3. The molecule has 0 radical (unpaired) electrons. The Morgan fingerprint density at radius 2 is 2.27 bits per heavy atom. The molecule has 4 N–H and O–H groups in total. The average Bonchev–Trinajstić information content (AvgIpc) is 3.00. The van der Waals surface area contributed by atoms with Crippen molar-refractivity contribution in [2.75, 3.05) is 11.9 Å². The van der Waals surface area contributed by atoms with Crippen molar-refractivity contribution >= 4 is 34.5 Å². The maximum absolute atomic E-state index is 11.9. The van der Waals surface area contributed by atoms with Crippen molar-refractivity contribution in [1.29, 1.82) is 0 Å². The van der Waals surface area contributed by atoms with Crippen LogP contribution in [0, 0.1) is 0 Å². The first-order chi connectivity index (χ1) is 10.8. The lowest BCUT2D eigenvalue weighted by Crippen LogP contribution is -2.12. The zero-order valence-corrected chi connectivity index (χ0v) is 13.8. The molecule has 0 atom stereocenters. The summed E-state index contributed by atoms with van der Waals surface area (Å²) in [6, 6.07) is 3.81. The third-order valence-corrected chi connectivity index (χ3v) is 4.10. The number of pyridine rings is 1. The van der Waals surface area contributed by atoms with Crippen LogP contribution in [0.3, 0.4) is 0 Å². The number of hydrogen-bond donors (Lipinski definition) is 3. The minimum atomic E-state index is 0.00763. The minimum Gasteiger partial charge on any atom is -0.302 e. The van der Waals surface area contributed by atoms with Gasteiger partial charge in [0.15, 0.2) is 5.13 Å². The number of nitrogens with zero attached hydrogens (tertiary/aromatic N) is 2. The highest BCUT2D eigenvalue weighted by molar-refractivity contribution is 7.95. The van der Waals surface area contributed by atoms with E-state index in [1.165, 1.54) is 11.3 Å². The van der Waals surface area contributed by atoms with Crippen molar-refractivity contribution in [3.63, 3.8) is 0 Å². The minimum absolute atomic E-state index is 0.00763. The second-order valence-electron chi connectivity index (χ2n) is 4.65. The van der Waals surface area contributed by atoms with E-state index < -0.39 is 0 Å². The fourth-order valence-electron chi connectivity index (χ4n) is 1.88. The van der Waals surface area contributed by atoms with Gasteiger partial charge in [0.1, 0.15) is 0 Å². The summed E-state index contributed by atoms with van der Waals surface area (Å²) >= 11 is 2.55. The molecule has 0 aliphatic carbocycles. The number of rotatable bonds is 9. The van der Waals surface area contributed by atoms with Gasteiger partial charge in [0.05, 0.1) is 5.69 Å². The van der Waals surface area contributed by atoms with Gasteiger partial charge in [-0.2, -0.15) is 0 Å². The zero-order chi connectivity index (χ0) is 15.6. The number of anilines is 1. The number of hydrogen-bond acceptors (Lipinski definition) is 7. The monoisotopic (exact) mass is 337 g/mol. The molecule has 0 aromatic carbocycles. The standard InChI is InChI=1S/C14H19N5OS2/c15-22-17-8-3-1-2-6-13(20)19-14-18-12(10-21-14)11-5-4-7-16-9-11/h4-5,7,9-10,17H,1-3,6,8,15H2,(H,18,19,20). The molecule has 118 valence electrons. The molecule has 2 rings (SSSR count). The van der Waals surface area contributed by atoms with E-state index in [0.29, 0.717) is 11.6 Å². The van der Waals surface area contributed by atoms with E-state index in [1.807, 2.05) is 17.5 Å². The Morgan fingerprint density at radius 3 is 3.05 bits per heavy atom. The zero-order valence-electron chi connectivity index (χ0n) is 12.1. The molecule has 2 heterocycles. The van der Waals surface area contributed by atoms with E-state index in [4.69, 9.17) is 5.14 Å². The normalized spacial score (nSPS) is 10.6. The summed E-state index contributed by atoms with van der Waals surface area (Å²) in [5.41, 5.74) is 1.78. The second kappa shape index (κ2) is 9.52. The number of carbonyl (C=O) groups excluding carboxylic acids is 1. The summed E-state index contributed by atoms with van der Waals surface area (Å²) in [5.74, 6) is 0.00763. The van der Waals surface area contributed by atoms with Crippen LogP contribution in [0.25, 0.3) is 11.3 Å². The predicted octanol–water partition coefficient (Wildman–Crippen LogP) is 2.82. The van der Waals surface area contributed by atoms with Crippen LogP contribution in [0.1, 0.15) is 25.7 Å². The molecule has 0 unspecified atom stereocenters. The van der Waals surface area contributed by atoms with Crippen LogP contribution in [0.2, 0.25) is 0 Å². The highest BCUT2D eigenvalue weighted by Crippen LogP contribution is 2.24. The van der Waals surface area contributed by atoms with Crippen LogP contribution in [0.4, 0.5) is 5.13 Å². The molecule has 22 heavy (non-hydrogen) atoms. The van der Waals surface area contributed by atoms with E-state index in [1.54, 1.807) is 12.4 Å². The largest absolute Gasteiger partial charge is 0.302 e. The van der Waals surface area contributed by atoms with Gasteiger partial charge < -0.3 is 5.32 Å². The van der Waals surface area contributed by atoms with Crippen molar-refractivity contribution in [1.82, 2.24) is 14.7 Å². The molecular formula is C14H19N5OS2. The van der Waals surface area contributed by atoms with Gasteiger partial charge in [-0.1, -0.05) is 6.42 Å². The number of amides is 1. The van der Waals surface area contributed by atoms with Crippen LogP contribution in [-0.2, 0) is 4.79 Å². The first-order valence-corrected chi connectivity index (χ1v) is 8.80. The third-order valence-electron chi connectivity index (χ3n) is 2.97.